The number of aromatic amines is 1. The molecule has 7 heteroatoms. The Hall–Kier alpha value is -2.41. The van der Waals surface area contributed by atoms with Gasteiger partial charge in [0.2, 0.25) is 0 Å². The van der Waals surface area contributed by atoms with Crippen molar-refractivity contribution in [1.29, 1.82) is 0 Å². The molecule has 0 spiro atoms. The Bertz CT molecular complexity index is 749. The summed E-state index contributed by atoms with van der Waals surface area (Å²) in [5.74, 6) is -2.40. The second kappa shape index (κ2) is 5.10. The van der Waals surface area contributed by atoms with E-state index in [1.165, 1.54) is 12.1 Å². The molecule has 1 aliphatic carbocycles. The molecule has 1 amide bonds. The van der Waals surface area contributed by atoms with E-state index in [2.05, 4.69) is 10.3 Å². The quantitative estimate of drug-likeness (QED) is 0.683. The van der Waals surface area contributed by atoms with Gasteiger partial charge in [0, 0.05) is 17.4 Å². The molecule has 0 saturated heterocycles. The predicted molar refractivity (Wildman–Crippen MR) is 75.9 cm³/mol. The Morgan fingerprint density at radius 2 is 2.14 bits per heavy atom. The van der Waals surface area contributed by atoms with Gasteiger partial charge in [-0.15, -0.1) is 0 Å². The molecule has 2 aromatic rings. The van der Waals surface area contributed by atoms with Crippen molar-refractivity contribution in [2.45, 2.75) is 18.4 Å². The number of carbonyl (C=O) groups excluding carboxylic acids is 1. The van der Waals surface area contributed by atoms with Crippen LogP contribution in [0, 0.1) is 11.7 Å². The number of hydrogen-bond acceptors (Lipinski definition) is 3. The molecule has 22 heavy (non-hydrogen) atoms. The van der Waals surface area contributed by atoms with Crippen LogP contribution < -0.4 is 5.32 Å². The van der Waals surface area contributed by atoms with Crippen molar-refractivity contribution in [3.8, 4) is 0 Å². The van der Waals surface area contributed by atoms with Crippen molar-refractivity contribution >= 4 is 22.8 Å². The van der Waals surface area contributed by atoms with Crippen LogP contribution in [0.3, 0.4) is 0 Å². The van der Waals surface area contributed by atoms with Gasteiger partial charge in [-0.05, 0) is 31.0 Å². The summed E-state index contributed by atoms with van der Waals surface area (Å²) in [6.07, 6.45) is 0.230. The lowest BCUT2D eigenvalue weighted by atomic mass is 9.71. The third kappa shape index (κ3) is 2.55. The maximum absolute atomic E-state index is 13.6. The highest BCUT2D eigenvalue weighted by Gasteiger charge is 2.46. The molecule has 1 aromatic carbocycles. The third-order valence-electron chi connectivity index (χ3n) is 4.04. The molecule has 0 atom stereocenters. The minimum absolute atomic E-state index is 0.0343. The minimum Gasteiger partial charge on any atom is -0.481 e. The zero-order valence-electron chi connectivity index (χ0n) is 11.6. The molecular weight excluding hydrogens is 291 g/mol. The smallest absolute Gasteiger partial charge is 0.306 e. The first-order valence-electron chi connectivity index (χ1n) is 6.89. The Morgan fingerprint density at radius 1 is 1.41 bits per heavy atom. The highest BCUT2D eigenvalue weighted by atomic mass is 19.1. The highest BCUT2D eigenvalue weighted by molar-refractivity contribution is 5.98. The maximum Gasteiger partial charge on any atom is 0.306 e. The number of carboxylic acids is 1. The van der Waals surface area contributed by atoms with Crippen molar-refractivity contribution in [3.05, 3.63) is 35.8 Å². The topological polar surface area (TPSA) is 102 Å². The number of amides is 1. The molecule has 1 aromatic heterocycles. The monoisotopic (exact) mass is 306 g/mol. The van der Waals surface area contributed by atoms with Gasteiger partial charge in [0.25, 0.3) is 5.91 Å². The number of aliphatic hydroxyl groups is 1. The van der Waals surface area contributed by atoms with Gasteiger partial charge in [0.15, 0.2) is 0 Å². The average molecular weight is 306 g/mol. The van der Waals surface area contributed by atoms with Crippen molar-refractivity contribution < 1.29 is 24.2 Å². The van der Waals surface area contributed by atoms with Gasteiger partial charge in [0.05, 0.1) is 11.5 Å². The Kier molecular flexibility index (Phi) is 3.37. The second-order valence-corrected chi connectivity index (χ2v) is 5.73. The standard InChI is InChI=1S/C15H15FN2O4/c16-10-2-1-3-11-9(10)4-12(18-11)13(19)17-7-15(22)5-8(6-15)14(20)21/h1-4,8,18,22H,5-7H2,(H,17,19)(H,20,21). The zero-order chi connectivity index (χ0) is 15.9. The number of carbonyl (C=O) groups is 2. The van der Waals surface area contributed by atoms with Gasteiger partial charge in [-0.25, -0.2) is 4.39 Å². The van der Waals surface area contributed by atoms with Crippen LogP contribution in [0.4, 0.5) is 4.39 Å². The maximum atomic E-state index is 13.6. The number of halogens is 1. The van der Waals surface area contributed by atoms with E-state index in [1.54, 1.807) is 12.1 Å². The number of aromatic nitrogens is 1. The lowest BCUT2D eigenvalue weighted by molar-refractivity contribution is -0.157. The molecule has 0 unspecified atom stereocenters. The second-order valence-electron chi connectivity index (χ2n) is 5.73. The van der Waals surface area contributed by atoms with Crippen LogP contribution in [0.1, 0.15) is 23.3 Å². The summed E-state index contributed by atoms with van der Waals surface area (Å²) in [6.45, 7) is -0.0343. The minimum atomic E-state index is -1.18. The summed E-state index contributed by atoms with van der Waals surface area (Å²) >= 11 is 0. The molecule has 1 fully saturated rings. The largest absolute Gasteiger partial charge is 0.481 e. The van der Waals surface area contributed by atoms with Crippen LogP contribution in [0.2, 0.25) is 0 Å². The van der Waals surface area contributed by atoms with Crippen molar-refractivity contribution in [2.24, 2.45) is 5.92 Å². The number of fused-ring (bicyclic) bond motifs is 1. The van der Waals surface area contributed by atoms with Crippen molar-refractivity contribution in [3.63, 3.8) is 0 Å². The van der Waals surface area contributed by atoms with Crippen molar-refractivity contribution in [2.75, 3.05) is 6.54 Å². The summed E-state index contributed by atoms with van der Waals surface area (Å²) in [7, 11) is 0. The van der Waals surface area contributed by atoms with Crippen LogP contribution >= 0.6 is 0 Å². The Labute approximate surface area is 124 Å². The van der Waals surface area contributed by atoms with E-state index >= 15 is 0 Å². The highest BCUT2D eigenvalue weighted by Crippen LogP contribution is 2.37. The Balaban J connectivity index is 1.64. The lowest BCUT2D eigenvalue weighted by Gasteiger charge is -2.41. The number of nitrogens with one attached hydrogen (secondary N) is 2. The van der Waals surface area contributed by atoms with Crippen LogP contribution in [-0.2, 0) is 4.79 Å². The third-order valence-corrected chi connectivity index (χ3v) is 4.04. The molecule has 3 rings (SSSR count). The SMILES string of the molecule is O=C(NCC1(O)CC(C(=O)O)C1)c1cc2c(F)cccc2[nH]1. The van der Waals surface area contributed by atoms with Gasteiger partial charge in [-0.3, -0.25) is 9.59 Å². The van der Waals surface area contributed by atoms with E-state index in [9.17, 15) is 19.1 Å². The molecule has 0 aliphatic heterocycles. The van der Waals surface area contributed by atoms with E-state index in [0.717, 1.165) is 0 Å². The molecule has 4 N–H and O–H groups in total. The first kappa shape index (κ1) is 14.5. The number of carboxylic acid groups (broad SMARTS) is 1. The summed E-state index contributed by atoms with van der Waals surface area (Å²) < 4.78 is 13.6. The Morgan fingerprint density at radius 3 is 2.77 bits per heavy atom. The van der Waals surface area contributed by atoms with E-state index in [0.29, 0.717) is 10.9 Å². The van der Waals surface area contributed by atoms with Crippen molar-refractivity contribution in [1.82, 2.24) is 10.3 Å². The summed E-state index contributed by atoms with van der Waals surface area (Å²) in [5.41, 5.74) is -0.480. The first-order valence-corrected chi connectivity index (χ1v) is 6.89. The number of aliphatic carboxylic acids is 1. The van der Waals surface area contributed by atoms with Crippen LogP contribution in [0.5, 0.6) is 0 Å². The average Bonchev–Trinajstić information content (AvgIpc) is 2.87. The van der Waals surface area contributed by atoms with Gasteiger partial charge < -0.3 is 20.5 Å². The molecule has 0 bridgehead atoms. The fourth-order valence-electron chi connectivity index (χ4n) is 2.76. The first-order chi connectivity index (χ1) is 10.4. The summed E-state index contributed by atoms with van der Waals surface area (Å²) in [6, 6.07) is 5.91. The fourth-order valence-corrected chi connectivity index (χ4v) is 2.76. The molecule has 1 saturated carbocycles. The molecule has 0 radical (unpaired) electrons. The van der Waals surface area contributed by atoms with Gasteiger partial charge >= 0.3 is 5.97 Å². The number of benzene rings is 1. The van der Waals surface area contributed by atoms with Gasteiger partial charge in [-0.1, -0.05) is 6.07 Å². The number of hydrogen-bond donors (Lipinski definition) is 4. The van der Waals surface area contributed by atoms with E-state index in [1.807, 2.05) is 0 Å². The molecular formula is C15H15FN2O4. The van der Waals surface area contributed by atoms with E-state index < -0.39 is 29.2 Å². The summed E-state index contributed by atoms with van der Waals surface area (Å²) in [5, 5.41) is 21.7. The van der Waals surface area contributed by atoms with E-state index in [-0.39, 0.29) is 25.1 Å². The molecule has 1 heterocycles. The molecule has 116 valence electrons. The normalized spacial score (nSPS) is 24.0. The van der Waals surface area contributed by atoms with Crippen LogP contribution in [0.25, 0.3) is 10.9 Å². The fraction of sp³-hybridized carbons (Fsp3) is 0.333. The predicted octanol–water partition coefficient (Wildman–Crippen LogP) is 1.26. The molecule has 1 aliphatic rings. The lowest BCUT2D eigenvalue weighted by Crippen LogP contribution is -2.54. The van der Waals surface area contributed by atoms with Gasteiger partial charge in [0.1, 0.15) is 11.5 Å². The zero-order valence-corrected chi connectivity index (χ0v) is 11.6. The van der Waals surface area contributed by atoms with E-state index in [4.69, 9.17) is 5.11 Å². The van der Waals surface area contributed by atoms with Crippen LogP contribution in [-0.4, -0.2) is 39.2 Å². The number of H-pyrrole nitrogens is 1. The molecule has 6 nitrogen and oxygen atoms in total. The summed E-state index contributed by atoms with van der Waals surface area (Å²) in [4.78, 5) is 25.6. The van der Waals surface area contributed by atoms with Gasteiger partial charge in [-0.2, -0.15) is 0 Å². The van der Waals surface area contributed by atoms with Crippen LogP contribution in [0.15, 0.2) is 24.3 Å². The number of rotatable bonds is 4.